The molecule has 3 heterocycles. The van der Waals surface area contributed by atoms with Gasteiger partial charge in [0.05, 0.1) is 11.3 Å². The molecule has 0 saturated heterocycles. The monoisotopic (exact) mass is 526 g/mol. The van der Waals surface area contributed by atoms with Crippen LogP contribution in [0.3, 0.4) is 0 Å². The van der Waals surface area contributed by atoms with E-state index >= 15 is 0 Å². The third-order valence-corrected chi connectivity index (χ3v) is 7.18. The predicted molar refractivity (Wildman–Crippen MR) is 136 cm³/mol. The predicted octanol–water partition coefficient (Wildman–Crippen LogP) is 6.58. The number of halogens is 4. The van der Waals surface area contributed by atoms with E-state index in [0.717, 1.165) is 28.8 Å². The van der Waals surface area contributed by atoms with Gasteiger partial charge in [-0.1, -0.05) is 48.9 Å². The highest BCUT2D eigenvalue weighted by Gasteiger charge is 2.31. The van der Waals surface area contributed by atoms with Crippen LogP contribution in [0.4, 0.5) is 13.2 Å². The van der Waals surface area contributed by atoms with Gasteiger partial charge in [-0.2, -0.15) is 13.2 Å². The SMILES string of the molecule is CCc1nc2cc(Cl)ccn2c1C(=O)NCc1ccc2c(c1)CN(C(C)c1ccc(C(F)(F)F)cc1)C2. The Morgan fingerprint density at radius 2 is 1.81 bits per heavy atom. The number of aromatic nitrogens is 2. The molecule has 0 bridgehead atoms. The zero-order valence-electron chi connectivity index (χ0n) is 20.4. The molecule has 1 N–H and O–H groups in total. The number of pyridine rings is 1. The number of amides is 1. The largest absolute Gasteiger partial charge is 0.416 e. The van der Waals surface area contributed by atoms with Crippen LogP contribution in [-0.4, -0.2) is 20.2 Å². The zero-order valence-corrected chi connectivity index (χ0v) is 21.2. The fourth-order valence-corrected chi connectivity index (χ4v) is 4.99. The highest BCUT2D eigenvalue weighted by atomic mass is 35.5. The van der Waals surface area contributed by atoms with Crippen LogP contribution < -0.4 is 5.32 Å². The molecule has 2 aromatic carbocycles. The zero-order chi connectivity index (χ0) is 26.3. The van der Waals surface area contributed by atoms with Crippen molar-refractivity contribution in [1.29, 1.82) is 0 Å². The Hall–Kier alpha value is -3.36. The molecule has 5 rings (SSSR count). The number of aryl methyl sites for hydroxylation is 1. The molecular formula is C28H26ClF3N4O. The summed E-state index contributed by atoms with van der Waals surface area (Å²) < 4.78 is 40.5. The topological polar surface area (TPSA) is 49.6 Å². The molecule has 0 saturated carbocycles. The Morgan fingerprint density at radius 3 is 2.51 bits per heavy atom. The van der Waals surface area contributed by atoms with E-state index in [1.165, 1.54) is 5.56 Å². The quantitative estimate of drug-likeness (QED) is 0.309. The smallest absolute Gasteiger partial charge is 0.347 e. The number of rotatable bonds is 6. The average molecular weight is 527 g/mol. The number of hydrogen-bond donors (Lipinski definition) is 1. The highest BCUT2D eigenvalue weighted by Crippen LogP contribution is 2.34. The maximum Gasteiger partial charge on any atom is 0.416 e. The van der Waals surface area contributed by atoms with Gasteiger partial charge in [-0.15, -0.1) is 0 Å². The summed E-state index contributed by atoms with van der Waals surface area (Å²) >= 11 is 6.08. The molecule has 37 heavy (non-hydrogen) atoms. The van der Waals surface area contributed by atoms with Crippen molar-refractivity contribution >= 4 is 23.2 Å². The molecule has 0 spiro atoms. The lowest BCUT2D eigenvalue weighted by Gasteiger charge is -2.24. The lowest BCUT2D eigenvalue weighted by molar-refractivity contribution is -0.137. The molecule has 5 nitrogen and oxygen atoms in total. The van der Waals surface area contributed by atoms with Gasteiger partial charge in [-0.25, -0.2) is 4.98 Å². The van der Waals surface area contributed by atoms with Crippen molar-refractivity contribution in [3.05, 3.63) is 105 Å². The second kappa shape index (κ2) is 9.84. The van der Waals surface area contributed by atoms with Crippen molar-refractivity contribution in [2.45, 2.75) is 52.1 Å². The van der Waals surface area contributed by atoms with Crippen LogP contribution in [0.2, 0.25) is 5.02 Å². The molecule has 4 aromatic rings. The maximum atomic E-state index is 13.1. The maximum absolute atomic E-state index is 13.1. The number of nitrogens with zero attached hydrogens (tertiary/aromatic N) is 3. The summed E-state index contributed by atoms with van der Waals surface area (Å²) in [6.45, 7) is 5.73. The lowest BCUT2D eigenvalue weighted by Crippen LogP contribution is -2.25. The molecule has 9 heteroatoms. The summed E-state index contributed by atoms with van der Waals surface area (Å²) in [6, 6.07) is 14.9. The van der Waals surface area contributed by atoms with Gasteiger partial charge in [0.1, 0.15) is 11.3 Å². The van der Waals surface area contributed by atoms with E-state index in [1.807, 2.05) is 19.9 Å². The molecule has 1 aliphatic rings. The Kier molecular flexibility index (Phi) is 6.72. The molecule has 2 aromatic heterocycles. The number of fused-ring (bicyclic) bond motifs is 2. The van der Waals surface area contributed by atoms with E-state index in [1.54, 1.807) is 34.9 Å². The first-order chi connectivity index (χ1) is 17.6. The van der Waals surface area contributed by atoms with Crippen LogP contribution in [-0.2, 0) is 32.2 Å². The van der Waals surface area contributed by atoms with Gasteiger partial charge < -0.3 is 5.32 Å². The number of carbonyl (C=O) groups is 1. The van der Waals surface area contributed by atoms with Gasteiger partial charge in [0.15, 0.2) is 0 Å². The Balaban J connectivity index is 1.26. The van der Waals surface area contributed by atoms with Crippen LogP contribution in [0.5, 0.6) is 0 Å². The average Bonchev–Trinajstić information content (AvgIpc) is 3.47. The molecular weight excluding hydrogens is 501 g/mol. The number of nitrogens with one attached hydrogen (secondary N) is 1. The van der Waals surface area contributed by atoms with Crippen molar-refractivity contribution in [2.75, 3.05) is 0 Å². The first-order valence-electron chi connectivity index (χ1n) is 12.1. The Morgan fingerprint density at radius 1 is 1.08 bits per heavy atom. The van der Waals surface area contributed by atoms with Crippen molar-refractivity contribution in [3.63, 3.8) is 0 Å². The van der Waals surface area contributed by atoms with Gasteiger partial charge >= 0.3 is 6.18 Å². The van der Waals surface area contributed by atoms with Gasteiger partial charge in [-0.3, -0.25) is 14.1 Å². The summed E-state index contributed by atoms with van der Waals surface area (Å²) in [5.74, 6) is -0.204. The third-order valence-electron chi connectivity index (χ3n) is 6.95. The van der Waals surface area contributed by atoms with Crippen LogP contribution >= 0.6 is 11.6 Å². The molecule has 0 fully saturated rings. The minimum absolute atomic E-state index is 0.0334. The summed E-state index contributed by atoms with van der Waals surface area (Å²) in [6.07, 6.45) is -1.97. The van der Waals surface area contributed by atoms with Gasteiger partial charge in [0.2, 0.25) is 0 Å². The number of imidazole rings is 1. The first kappa shape index (κ1) is 25.3. The number of carbonyl (C=O) groups excluding carboxylic acids is 1. The second-order valence-corrected chi connectivity index (χ2v) is 9.76. The normalized spacial score (nSPS) is 14.6. The van der Waals surface area contributed by atoms with Crippen molar-refractivity contribution in [3.8, 4) is 0 Å². The second-order valence-electron chi connectivity index (χ2n) is 9.32. The van der Waals surface area contributed by atoms with Crippen LogP contribution in [0.15, 0.2) is 60.8 Å². The molecule has 1 atom stereocenters. The third kappa shape index (κ3) is 5.08. The highest BCUT2D eigenvalue weighted by molar-refractivity contribution is 6.30. The van der Waals surface area contributed by atoms with E-state index in [0.29, 0.717) is 48.1 Å². The Labute approximate surface area is 217 Å². The van der Waals surface area contributed by atoms with E-state index in [-0.39, 0.29) is 11.9 Å². The summed E-state index contributed by atoms with van der Waals surface area (Å²) in [5.41, 5.74) is 5.37. The van der Waals surface area contributed by atoms with E-state index < -0.39 is 11.7 Å². The molecule has 0 radical (unpaired) electrons. The molecule has 192 valence electrons. The van der Waals surface area contributed by atoms with Crippen molar-refractivity contribution in [1.82, 2.24) is 19.6 Å². The first-order valence-corrected chi connectivity index (χ1v) is 12.5. The Bertz CT molecular complexity index is 1460. The van der Waals surface area contributed by atoms with E-state index in [9.17, 15) is 18.0 Å². The number of benzene rings is 2. The minimum atomic E-state index is -4.34. The summed E-state index contributed by atoms with van der Waals surface area (Å²) in [7, 11) is 0. The molecule has 1 amide bonds. The van der Waals surface area contributed by atoms with Crippen LogP contribution in [0.1, 0.15) is 63.9 Å². The van der Waals surface area contributed by atoms with Gasteiger partial charge in [-0.05, 0) is 53.8 Å². The molecule has 1 aliphatic heterocycles. The van der Waals surface area contributed by atoms with E-state index in [4.69, 9.17) is 11.6 Å². The fourth-order valence-electron chi connectivity index (χ4n) is 4.84. The van der Waals surface area contributed by atoms with Crippen LogP contribution in [0.25, 0.3) is 5.65 Å². The summed E-state index contributed by atoms with van der Waals surface area (Å²) in [5, 5.41) is 3.57. The van der Waals surface area contributed by atoms with Gasteiger partial charge in [0.25, 0.3) is 5.91 Å². The van der Waals surface area contributed by atoms with E-state index in [2.05, 4.69) is 27.3 Å². The van der Waals surface area contributed by atoms with Crippen molar-refractivity contribution < 1.29 is 18.0 Å². The standard InChI is InChI=1S/C28H26ClF3N4O/c1-3-24-26(36-11-10-23(29)13-25(36)34-24)27(37)33-14-18-4-5-20-15-35(16-21(20)12-18)17(2)19-6-8-22(9-7-19)28(30,31)32/h4-13,17H,3,14-16H2,1-2H3,(H,33,37). The molecule has 1 unspecified atom stereocenters. The minimum Gasteiger partial charge on any atom is -0.347 e. The fraction of sp³-hybridized carbons (Fsp3) is 0.286. The number of alkyl halides is 3. The molecule has 0 aliphatic carbocycles. The summed E-state index contributed by atoms with van der Waals surface area (Å²) in [4.78, 5) is 19.9. The van der Waals surface area contributed by atoms with Crippen LogP contribution in [0, 0.1) is 0 Å². The lowest BCUT2D eigenvalue weighted by atomic mass is 10.0. The van der Waals surface area contributed by atoms with Gasteiger partial charge in [0, 0.05) is 43.0 Å². The van der Waals surface area contributed by atoms with Crippen molar-refractivity contribution in [2.24, 2.45) is 0 Å². The number of hydrogen-bond acceptors (Lipinski definition) is 3.